The molecule has 0 heterocycles. The van der Waals surface area contributed by atoms with Gasteiger partial charge in [0, 0.05) is 18.8 Å². The van der Waals surface area contributed by atoms with Gasteiger partial charge in [0.05, 0.1) is 17.4 Å². The van der Waals surface area contributed by atoms with Crippen molar-refractivity contribution in [3.05, 3.63) is 114 Å². The van der Waals surface area contributed by atoms with Gasteiger partial charge in [-0.15, -0.1) is 0 Å². The number of alkyl halides is 3. The quantitative estimate of drug-likeness (QED) is 0.385. The van der Waals surface area contributed by atoms with Crippen LogP contribution in [0.25, 0.3) is 0 Å². The van der Waals surface area contributed by atoms with E-state index in [1.165, 1.54) is 12.1 Å². The Morgan fingerprint density at radius 3 is 1.89 bits per heavy atom. The van der Waals surface area contributed by atoms with E-state index in [1.54, 1.807) is 4.90 Å². The summed E-state index contributed by atoms with van der Waals surface area (Å²) in [5.74, 6) is -1.92. The van der Waals surface area contributed by atoms with Crippen molar-refractivity contribution < 1.29 is 22.8 Å². The third-order valence-corrected chi connectivity index (χ3v) is 6.29. The van der Waals surface area contributed by atoms with Gasteiger partial charge >= 0.3 is 6.18 Å². The number of carbonyl (C=O) groups is 2. The Morgan fingerprint density at radius 1 is 0.778 bits per heavy atom. The lowest BCUT2D eigenvalue weighted by Crippen LogP contribution is -2.42. The zero-order chi connectivity index (χ0) is 25.5. The fraction of sp³-hybridized carbons (Fsp3) is 0.241. The van der Waals surface area contributed by atoms with Gasteiger partial charge in [-0.1, -0.05) is 78.9 Å². The zero-order valence-electron chi connectivity index (χ0n) is 19.6. The molecule has 2 atom stereocenters. The van der Waals surface area contributed by atoms with Crippen LogP contribution in [-0.2, 0) is 28.9 Å². The van der Waals surface area contributed by atoms with E-state index < -0.39 is 29.5 Å². The van der Waals surface area contributed by atoms with Gasteiger partial charge in [-0.05, 0) is 42.2 Å². The van der Waals surface area contributed by atoms with Crippen molar-refractivity contribution in [2.75, 3.05) is 5.32 Å². The van der Waals surface area contributed by atoms with Gasteiger partial charge in [0.25, 0.3) is 0 Å². The molecule has 0 bridgehead atoms. The summed E-state index contributed by atoms with van der Waals surface area (Å²) in [7, 11) is 0. The highest BCUT2D eigenvalue weighted by atomic mass is 19.4. The molecule has 1 aliphatic rings. The van der Waals surface area contributed by atoms with E-state index in [0.29, 0.717) is 25.9 Å². The largest absolute Gasteiger partial charge is 0.416 e. The van der Waals surface area contributed by atoms with E-state index in [9.17, 15) is 22.8 Å². The number of carbonyl (C=O) groups excluding carboxylic acids is 2. The molecule has 1 N–H and O–H groups in total. The molecule has 7 heteroatoms. The predicted octanol–water partition coefficient (Wildman–Crippen LogP) is 6.46. The molecular weight excluding hydrogens is 465 g/mol. The third kappa shape index (κ3) is 6.42. The molecule has 1 aliphatic carbocycles. The predicted molar refractivity (Wildman–Crippen MR) is 133 cm³/mol. The highest BCUT2D eigenvalue weighted by molar-refractivity contribution is 5.96. The molecule has 0 saturated heterocycles. The fourth-order valence-corrected chi connectivity index (χ4v) is 4.44. The lowest BCUT2D eigenvalue weighted by Gasteiger charge is -2.32. The molecule has 0 spiro atoms. The summed E-state index contributed by atoms with van der Waals surface area (Å²) in [5.41, 5.74) is 1.16. The summed E-state index contributed by atoms with van der Waals surface area (Å²) in [4.78, 5) is 28.8. The van der Waals surface area contributed by atoms with E-state index in [4.69, 9.17) is 0 Å². The Morgan fingerprint density at radius 2 is 1.33 bits per heavy atom. The van der Waals surface area contributed by atoms with E-state index in [1.807, 2.05) is 72.8 Å². The molecule has 4 rings (SSSR count). The van der Waals surface area contributed by atoms with Crippen LogP contribution in [0.5, 0.6) is 0 Å². The van der Waals surface area contributed by atoms with Crippen LogP contribution in [0.15, 0.2) is 97.1 Å². The average Bonchev–Trinajstić information content (AvgIpc) is 2.89. The van der Waals surface area contributed by atoms with Crippen molar-refractivity contribution >= 4 is 17.5 Å². The number of nitrogens with one attached hydrogen (secondary N) is 1. The SMILES string of the molecule is O=C(Nc1cccc(C(F)(F)F)c1)C1CC=CCC1C(=O)N(Cc1ccccc1)Cc1ccccc1. The number of halogens is 3. The van der Waals surface area contributed by atoms with Crippen molar-refractivity contribution in [1.82, 2.24) is 4.90 Å². The summed E-state index contributed by atoms with van der Waals surface area (Å²) in [5, 5.41) is 2.60. The van der Waals surface area contributed by atoms with Gasteiger partial charge in [0.15, 0.2) is 0 Å². The minimum Gasteiger partial charge on any atom is -0.334 e. The van der Waals surface area contributed by atoms with Crippen molar-refractivity contribution in [3.8, 4) is 0 Å². The summed E-state index contributed by atoms with van der Waals surface area (Å²) in [6, 6.07) is 23.8. The molecule has 36 heavy (non-hydrogen) atoms. The zero-order valence-corrected chi connectivity index (χ0v) is 19.6. The Balaban J connectivity index is 1.55. The summed E-state index contributed by atoms with van der Waals surface area (Å²) < 4.78 is 39.3. The molecule has 4 nitrogen and oxygen atoms in total. The van der Waals surface area contributed by atoms with Crippen LogP contribution < -0.4 is 5.32 Å². The molecule has 2 amide bonds. The van der Waals surface area contributed by atoms with Crippen molar-refractivity contribution in [3.63, 3.8) is 0 Å². The second-order valence-electron chi connectivity index (χ2n) is 8.89. The van der Waals surface area contributed by atoms with Gasteiger partial charge in [-0.2, -0.15) is 13.2 Å². The average molecular weight is 493 g/mol. The lowest BCUT2D eigenvalue weighted by atomic mass is 9.81. The van der Waals surface area contributed by atoms with Gasteiger partial charge < -0.3 is 10.2 Å². The first-order valence-electron chi connectivity index (χ1n) is 11.8. The Kier molecular flexibility index (Phi) is 7.88. The molecule has 2 unspecified atom stereocenters. The summed E-state index contributed by atoms with van der Waals surface area (Å²) in [6.07, 6.45) is -0.0494. The summed E-state index contributed by atoms with van der Waals surface area (Å²) in [6.45, 7) is 0.771. The number of hydrogen-bond donors (Lipinski definition) is 1. The number of anilines is 1. The number of amides is 2. The molecule has 3 aromatic carbocycles. The normalized spacial score (nSPS) is 17.4. The Hall–Kier alpha value is -3.87. The number of benzene rings is 3. The number of hydrogen-bond acceptors (Lipinski definition) is 2. The van der Waals surface area contributed by atoms with Gasteiger partial charge in [-0.3, -0.25) is 9.59 Å². The second-order valence-corrected chi connectivity index (χ2v) is 8.89. The van der Waals surface area contributed by atoms with E-state index in [0.717, 1.165) is 23.3 Å². The van der Waals surface area contributed by atoms with E-state index in [-0.39, 0.29) is 11.6 Å². The van der Waals surface area contributed by atoms with Crippen molar-refractivity contribution in [2.45, 2.75) is 32.1 Å². The fourth-order valence-electron chi connectivity index (χ4n) is 4.44. The van der Waals surface area contributed by atoms with Gasteiger partial charge in [0.1, 0.15) is 0 Å². The monoisotopic (exact) mass is 492 g/mol. The highest BCUT2D eigenvalue weighted by Crippen LogP contribution is 2.33. The maximum atomic E-state index is 13.8. The maximum absolute atomic E-state index is 13.8. The molecule has 186 valence electrons. The first-order chi connectivity index (χ1) is 17.3. The minimum absolute atomic E-state index is 0.0565. The molecule has 0 aliphatic heterocycles. The first-order valence-corrected chi connectivity index (χ1v) is 11.8. The number of nitrogens with zero attached hydrogens (tertiary/aromatic N) is 1. The highest BCUT2D eigenvalue weighted by Gasteiger charge is 2.37. The van der Waals surface area contributed by atoms with Crippen LogP contribution in [0.3, 0.4) is 0 Å². The molecule has 0 saturated carbocycles. The second kappa shape index (κ2) is 11.2. The van der Waals surface area contributed by atoms with Crippen LogP contribution in [0.1, 0.15) is 29.5 Å². The molecule has 3 aromatic rings. The van der Waals surface area contributed by atoms with Crippen LogP contribution in [0.4, 0.5) is 18.9 Å². The number of rotatable bonds is 7. The standard InChI is InChI=1S/C29H27F3N2O2/c30-29(31,32)23-14-9-15-24(18-23)33-27(35)25-16-7-8-17-26(25)28(36)34(19-21-10-3-1-4-11-21)20-22-12-5-2-6-13-22/h1-15,18,25-26H,16-17,19-20H2,(H,33,35). The van der Waals surface area contributed by atoms with Gasteiger partial charge in [0.2, 0.25) is 11.8 Å². The van der Waals surface area contributed by atoms with Crippen LogP contribution >= 0.6 is 0 Å². The van der Waals surface area contributed by atoms with Crippen LogP contribution in [0, 0.1) is 11.8 Å². The molecular formula is C29H27F3N2O2. The summed E-state index contributed by atoms with van der Waals surface area (Å²) >= 11 is 0. The smallest absolute Gasteiger partial charge is 0.334 e. The van der Waals surface area contributed by atoms with E-state index in [2.05, 4.69) is 5.32 Å². The van der Waals surface area contributed by atoms with E-state index >= 15 is 0 Å². The third-order valence-electron chi connectivity index (χ3n) is 6.29. The maximum Gasteiger partial charge on any atom is 0.416 e. The first kappa shape index (κ1) is 25.2. The number of allylic oxidation sites excluding steroid dienone is 2. The van der Waals surface area contributed by atoms with Gasteiger partial charge in [-0.25, -0.2) is 0 Å². The van der Waals surface area contributed by atoms with Crippen LogP contribution in [-0.4, -0.2) is 16.7 Å². The molecule has 0 radical (unpaired) electrons. The lowest BCUT2D eigenvalue weighted by molar-refractivity contribution is -0.142. The minimum atomic E-state index is -4.51. The molecule has 0 fully saturated rings. The Labute approximate surface area is 208 Å². The topological polar surface area (TPSA) is 49.4 Å². The molecule has 0 aromatic heterocycles. The van der Waals surface area contributed by atoms with Crippen molar-refractivity contribution in [1.29, 1.82) is 0 Å². The van der Waals surface area contributed by atoms with Crippen LogP contribution in [0.2, 0.25) is 0 Å². The Bertz CT molecular complexity index is 1170. The van der Waals surface area contributed by atoms with Crippen molar-refractivity contribution in [2.24, 2.45) is 11.8 Å².